The fourth-order valence-corrected chi connectivity index (χ4v) is 2.95. The molecule has 4 nitrogen and oxygen atoms in total. The summed E-state index contributed by atoms with van der Waals surface area (Å²) in [6.07, 6.45) is 1.99. The molecule has 0 atom stereocenters. The number of hydrogen-bond acceptors (Lipinski definition) is 4. The number of methoxy groups -OCH3 is 1. The first-order valence-corrected chi connectivity index (χ1v) is 7.56. The van der Waals surface area contributed by atoms with Gasteiger partial charge in [0.15, 0.2) is 5.78 Å². The summed E-state index contributed by atoms with van der Waals surface area (Å²) >= 11 is 3.41. The fourth-order valence-electron chi connectivity index (χ4n) is 2.41. The highest BCUT2D eigenvalue weighted by molar-refractivity contribution is 9.10. The molecule has 0 aliphatic carbocycles. The third-order valence-electron chi connectivity index (χ3n) is 3.68. The molecule has 0 amide bonds. The van der Waals surface area contributed by atoms with E-state index in [1.165, 1.54) is 0 Å². The van der Waals surface area contributed by atoms with Gasteiger partial charge in [0.1, 0.15) is 5.75 Å². The third kappa shape index (κ3) is 3.81. The van der Waals surface area contributed by atoms with E-state index in [9.17, 15) is 4.79 Å². The Morgan fingerprint density at radius 2 is 2.15 bits per heavy atom. The van der Waals surface area contributed by atoms with Crippen LogP contribution >= 0.6 is 15.9 Å². The van der Waals surface area contributed by atoms with Gasteiger partial charge in [-0.15, -0.1) is 0 Å². The quantitative estimate of drug-likeness (QED) is 0.772. The van der Waals surface area contributed by atoms with E-state index in [1.807, 2.05) is 25.2 Å². The van der Waals surface area contributed by atoms with Crippen LogP contribution in [0, 0.1) is 0 Å². The minimum absolute atomic E-state index is 0.127. The molecular formula is C15H20BrNO3. The van der Waals surface area contributed by atoms with Gasteiger partial charge in [0.25, 0.3) is 0 Å². The van der Waals surface area contributed by atoms with E-state index < -0.39 is 0 Å². The number of hydrogen-bond donors (Lipinski definition) is 0. The van der Waals surface area contributed by atoms with Crippen LogP contribution in [0.3, 0.4) is 0 Å². The summed E-state index contributed by atoms with van der Waals surface area (Å²) in [5.74, 6) is 0.863. The molecule has 1 aliphatic rings. The Hall–Kier alpha value is -0.910. The lowest BCUT2D eigenvalue weighted by Gasteiger charge is -2.30. The zero-order valence-corrected chi connectivity index (χ0v) is 13.5. The number of halogens is 1. The van der Waals surface area contributed by atoms with Crippen molar-refractivity contribution >= 4 is 21.7 Å². The Morgan fingerprint density at radius 1 is 1.45 bits per heavy atom. The van der Waals surface area contributed by atoms with E-state index in [0.29, 0.717) is 18.2 Å². The number of ether oxygens (including phenoxy) is 2. The van der Waals surface area contributed by atoms with Crippen molar-refractivity contribution in [3.63, 3.8) is 0 Å². The Kier molecular flexibility index (Phi) is 5.57. The number of ketones is 1. The van der Waals surface area contributed by atoms with Crippen molar-refractivity contribution in [2.24, 2.45) is 0 Å². The lowest BCUT2D eigenvalue weighted by atomic mass is 10.1. The molecule has 1 aromatic carbocycles. The summed E-state index contributed by atoms with van der Waals surface area (Å²) in [5, 5.41) is 0. The molecule has 0 unspecified atom stereocenters. The van der Waals surface area contributed by atoms with E-state index in [-0.39, 0.29) is 5.78 Å². The van der Waals surface area contributed by atoms with Crippen LogP contribution in [0.1, 0.15) is 23.2 Å². The van der Waals surface area contributed by atoms with Crippen LogP contribution in [0.25, 0.3) is 0 Å². The normalized spacial score (nSPS) is 16.4. The number of nitrogens with zero attached hydrogens (tertiary/aromatic N) is 1. The van der Waals surface area contributed by atoms with Crippen LogP contribution in [0.2, 0.25) is 0 Å². The molecule has 1 saturated heterocycles. The van der Waals surface area contributed by atoms with Gasteiger partial charge in [-0.2, -0.15) is 0 Å². The minimum atomic E-state index is 0.127. The van der Waals surface area contributed by atoms with Crippen LogP contribution < -0.4 is 4.74 Å². The van der Waals surface area contributed by atoms with Gasteiger partial charge in [0.2, 0.25) is 0 Å². The maximum Gasteiger partial charge on any atom is 0.176 e. The first-order chi connectivity index (χ1) is 9.61. The first-order valence-electron chi connectivity index (χ1n) is 6.76. The highest BCUT2D eigenvalue weighted by Crippen LogP contribution is 2.26. The Morgan fingerprint density at radius 3 is 2.75 bits per heavy atom. The SMILES string of the molecule is COc1ccc(C(=O)CN(C)C2CCOCC2)cc1Br. The van der Waals surface area contributed by atoms with Crippen LogP contribution in [-0.4, -0.2) is 50.6 Å². The standard InChI is InChI=1S/C15H20BrNO3/c1-17(12-5-7-20-8-6-12)10-14(18)11-3-4-15(19-2)13(16)9-11/h3-4,9,12H,5-8,10H2,1-2H3. The monoisotopic (exact) mass is 341 g/mol. The predicted molar refractivity (Wildman–Crippen MR) is 81.5 cm³/mol. The zero-order chi connectivity index (χ0) is 14.5. The number of likely N-dealkylation sites (N-methyl/N-ethyl adjacent to an activating group) is 1. The Balaban J connectivity index is 1.98. The smallest absolute Gasteiger partial charge is 0.176 e. The second kappa shape index (κ2) is 7.20. The molecule has 1 aromatic rings. The number of Topliss-reactive ketones (excluding diaryl/α,β-unsaturated/α-hetero) is 1. The summed E-state index contributed by atoms with van der Waals surface area (Å²) < 4.78 is 11.3. The molecular weight excluding hydrogens is 322 g/mol. The van der Waals surface area contributed by atoms with Crippen molar-refractivity contribution < 1.29 is 14.3 Å². The lowest BCUT2D eigenvalue weighted by molar-refractivity contribution is 0.0418. The van der Waals surface area contributed by atoms with E-state index in [1.54, 1.807) is 7.11 Å². The number of carbonyl (C=O) groups excluding carboxylic acids is 1. The van der Waals surface area contributed by atoms with Gasteiger partial charge < -0.3 is 9.47 Å². The first kappa shape index (κ1) is 15.5. The molecule has 1 aliphatic heterocycles. The molecule has 2 rings (SSSR count). The van der Waals surface area contributed by atoms with Crippen molar-refractivity contribution in [1.82, 2.24) is 4.90 Å². The van der Waals surface area contributed by atoms with Crippen LogP contribution in [0.4, 0.5) is 0 Å². The molecule has 0 bridgehead atoms. The van der Waals surface area contributed by atoms with Crippen LogP contribution in [0.5, 0.6) is 5.75 Å². The lowest BCUT2D eigenvalue weighted by Crippen LogP contribution is -2.39. The molecule has 0 radical (unpaired) electrons. The molecule has 0 aromatic heterocycles. The Bertz CT molecular complexity index is 472. The predicted octanol–water partition coefficient (Wildman–Crippen LogP) is 2.75. The summed E-state index contributed by atoms with van der Waals surface area (Å²) in [7, 11) is 3.62. The van der Waals surface area contributed by atoms with E-state index in [4.69, 9.17) is 9.47 Å². The summed E-state index contributed by atoms with van der Waals surface area (Å²) in [5.41, 5.74) is 0.705. The second-order valence-corrected chi connectivity index (χ2v) is 5.89. The number of rotatable bonds is 5. The van der Waals surface area contributed by atoms with Crippen LogP contribution in [0.15, 0.2) is 22.7 Å². The topological polar surface area (TPSA) is 38.8 Å². The molecule has 110 valence electrons. The van der Waals surface area contributed by atoms with Crippen LogP contribution in [-0.2, 0) is 4.74 Å². The fraction of sp³-hybridized carbons (Fsp3) is 0.533. The molecule has 0 saturated carbocycles. The molecule has 0 spiro atoms. The summed E-state index contributed by atoms with van der Waals surface area (Å²) in [6, 6.07) is 5.88. The molecule has 1 fully saturated rings. The van der Waals surface area contributed by atoms with Gasteiger partial charge in [-0.3, -0.25) is 9.69 Å². The van der Waals surface area contributed by atoms with Gasteiger partial charge in [-0.25, -0.2) is 0 Å². The highest BCUT2D eigenvalue weighted by Gasteiger charge is 2.21. The summed E-state index contributed by atoms with van der Waals surface area (Å²) in [4.78, 5) is 14.4. The van der Waals surface area contributed by atoms with Gasteiger partial charge in [0, 0.05) is 24.8 Å². The largest absolute Gasteiger partial charge is 0.496 e. The third-order valence-corrected chi connectivity index (χ3v) is 4.30. The second-order valence-electron chi connectivity index (χ2n) is 5.03. The van der Waals surface area contributed by atoms with E-state index in [2.05, 4.69) is 20.8 Å². The van der Waals surface area contributed by atoms with Gasteiger partial charge in [-0.05, 0) is 54.0 Å². The number of benzene rings is 1. The zero-order valence-electron chi connectivity index (χ0n) is 11.9. The highest BCUT2D eigenvalue weighted by atomic mass is 79.9. The number of carbonyl (C=O) groups is 1. The average Bonchev–Trinajstić information content (AvgIpc) is 2.48. The van der Waals surface area contributed by atoms with Crippen molar-refractivity contribution in [2.45, 2.75) is 18.9 Å². The molecule has 5 heteroatoms. The van der Waals surface area contributed by atoms with Crippen molar-refractivity contribution in [3.8, 4) is 5.75 Å². The molecule has 1 heterocycles. The van der Waals surface area contributed by atoms with Crippen molar-refractivity contribution in [3.05, 3.63) is 28.2 Å². The van der Waals surface area contributed by atoms with Gasteiger partial charge >= 0.3 is 0 Å². The maximum atomic E-state index is 12.3. The van der Waals surface area contributed by atoms with Crippen molar-refractivity contribution in [2.75, 3.05) is 33.9 Å². The van der Waals surface area contributed by atoms with Crippen molar-refractivity contribution in [1.29, 1.82) is 0 Å². The minimum Gasteiger partial charge on any atom is -0.496 e. The molecule has 0 N–H and O–H groups in total. The maximum absolute atomic E-state index is 12.3. The average molecular weight is 342 g/mol. The Labute approximate surface area is 128 Å². The van der Waals surface area contributed by atoms with E-state index in [0.717, 1.165) is 36.3 Å². The molecule has 20 heavy (non-hydrogen) atoms. The van der Waals surface area contributed by atoms with E-state index >= 15 is 0 Å². The van der Waals surface area contributed by atoms with Gasteiger partial charge in [-0.1, -0.05) is 0 Å². The van der Waals surface area contributed by atoms with Gasteiger partial charge in [0.05, 0.1) is 18.1 Å². The summed E-state index contributed by atoms with van der Waals surface area (Å²) in [6.45, 7) is 2.01.